The molecule has 14 heavy (non-hydrogen) atoms. The topological polar surface area (TPSA) is 34.1 Å². The van der Waals surface area contributed by atoms with E-state index in [0.29, 0.717) is 0 Å². The number of carbonyl (C=O) groups is 2. The van der Waals surface area contributed by atoms with Crippen molar-refractivity contribution >= 4 is 41.2 Å². The minimum Gasteiger partial charge on any atom is -0.285 e. The summed E-state index contributed by atoms with van der Waals surface area (Å²) in [7, 11) is 0. The molecule has 4 heteroatoms. The summed E-state index contributed by atoms with van der Waals surface area (Å²) in [5, 5.41) is 0. The van der Waals surface area contributed by atoms with Crippen LogP contribution in [0, 0.1) is 6.92 Å². The Labute approximate surface area is 98.9 Å². The van der Waals surface area contributed by atoms with Crippen LogP contribution in [0.1, 0.15) is 17.0 Å². The van der Waals surface area contributed by atoms with Crippen molar-refractivity contribution in [2.75, 3.05) is 0 Å². The first-order chi connectivity index (χ1) is 6.54. The van der Waals surface area contributed by atoms with Gasteiger partial charge < -0.3 is 0 Å². The van der Waals surface area contributed by atoms with E-state index in [0.717, 1.165) is 11.1 Å². The quantitative estimate of drug-likeness (QED) is 0.634. The van der Waals surface area contributed by atoms with Gasteiger partial charge in [-0.15, -0.1) is 0 Å². The smallest absolute Gasteiger partial charge is 0.213 e. The lowest BCUT2D eigenvalue weighted by Crippen LogP contribution is -2.14. The Hall–Kier alpha value is -0.480. The molecule has 0 aliphatic heterocycles. The first-order valence-electron chi connectivity index (χ1n) is 3.98. The van der Waals surface area contributed by atoms with Gasteiger partial charge in [-0.05, 0) is 49.9 Å². The summed E-state index contributed by atoms with van der Waals surface area (Å²) in [6.07, 6.45) is 0. The van der Waals surface area contributed by atoms with Crippen molar-refractivity contribution in [1.82, 2.24) is 0 Å². The zero-order chi connectivity index (χ0) is 10.7. The molecule has 0 saturated heterocycles. The normalized spacial score (nSPS) is 10.3. The highest BCUT2D eigenvalue weighted by Crippen LogP contribution is 2.25. The summed E-state index contributed by atoms with van der Waals surface area (Å²) in [6, 6.07) is 7.32. The molecule has 0 aromatic heterocycles. The van der Waals surface area contributed by atoms with Gasteiger partial charge in [0.2, 0.25) is 9.39 Å². The van der Waals surface area contributed by atoms with Gasteiger partial charge >= 0.3 is 0 Å². The Morgan fingerprint density at radius 1 is 1.14 bits per heavy atom. The van der Waals surface area contributed by atoms with Crippen molar-refractivity contribution < 1.29 is 9.59 Å². The Bertz CT molecular complexity index is 360. The number of hydrogen-bond donors (Lipinski definition) is 0. The van der Waals surface area contributed by atoms with Crippen LogP contribution >= 0.6 is 31.9 Å². The molecule has 0 fully saturated rings. The summed E-state index contributed by atoms with van der Waals surface area (Å²) >= 11 is 5.65. The third-order valence-electron chi connectivity index (χ3n) is 1.95. The minimum atomic E-state index is -0.754. The fourth-order valence-electron chi connectivity index (χ4n) is 1.24. The molecule has 0 bridgehead atoms. The number of aryl methyl sites for hydroxylation is 1. The molecule has 0 radical (unpaired) electrons. The molecule has 0 aliphatic carbocycles. The van der Waals surface area contributed by atoms with Gasteiger partial charge in [0.1, 0.15) is 5.92 Å². The molecule has 0 heterocycles. The van der Waals surface area contributed by atoms with Gasteiger partial charge in [0.15, 0.2) is 0 Å². The molecule has 0 atom stereocenters. The molecule has 74 valence electrons. The van der Waals surface area contributed by atoms with E-state index in [4.69, 9.17) is 0 Å². The maximum Gasteiger partial charge on any atom is 0.213 e. The average molecular weight is 320 g/mol. The Kier molecular flexibility index (Phi) is 4.01. The van der Waals surface area contributed by atoms with Gasteiger partial charge in [-0.3, -0.25) is 9.59 Å². The lowest BCUT2D eigenvalue weighted by Gasteiger charge is -2.10. The lowest BCUT2D eigenvalue weighted by atomic mass is 9.97. The highest BCUT2D eigenvalue weighted by molar-refractivity contribution is 9.19. The monoisotopic (exact) mass is 318 g/mol. The number of carbonyl (C=O) groups excluding carboxylic acids is 2. The van der Waals surface area contributed by atoms with Crippen LogP contribution in [-0.4, -0.2) is 9.39 Å². The summed E-state index contributed by atoms with van der Waals surface area (Å²) in [4.78, 5) is 22.4. The van der Waals surface area contributed by atoms with Crippen LogP contribution in [0.3, 0.4) is 0 Å². The van der Waals surface area contributed by atoms with Crippen LogP contribution in [0.2, 0.25) is 0 Å². The standard InChI is InChI=1S/C10H8Br2O2/c1-6-4-2-3-5-7(6)8(9(11)13)10(12)14/h2-5,8H,1H3. The second-order valence-corrected chi connectivity index (χ2v) is 4.46. The maximum atomic E-state index is 11.2. The molecule has 0 spiro atoms. The van der Waals surface area contributed by atoms with Gasteiger partial charge in [-0.25, -0.2) is 0 Å². The first kappa shape index (κ1) is 11.6. The fourth-order valence-corrected chi connectivity index (χ4v) is 2.46. The van der Waals surface area contributed by atoms with Crippen molar-refractivity contribution in [1.29, 1.82) is 0 Å². The molecular weight excluding hydrogens is 312 g/mol. The minimum absolute atomic E-state index is 0.325. The second kappa shape index (κ2) is 4.84. The Morgan fingerprint density at radius 3 is 2.07 bits per heavy atom. The highest BCUT2D eigenvalue weighted by Gasteiger charge is 2.25. The van der Waals surface area contributed by atoms with Gasteiger partial charge in [0.05, 0.1) is 0 Å². The predicted octanol–water partition coefficient (Wildman–Crippen LogP) is 2.92. The van der Waals surface area contributed by atoms with Gasteiger partial charge in [-0.1, -0.05) is 24.3 Å². The van der Waals surface area contributed by atoms with Crippen molar-refractivity contribution in [2.45, 2.75) is 12.8 Å². The SMILES string of the molecule is Cc1ccccc1C(C(=O)Br)C(=O)Br. The summed E-state index contributed by atoms with van der Waals surface area (Å²) in [5.74, 6) is -0.754. The molecule has 1 rings (SSSR count). The maximum absolute atomic E-state index is 11.2. The van der Waals surface area contributed by atoms with Gasteiger partial charge in [-0.2, -0.15) is 0 Å². The fraction of sp³-hybridized carbons (Fsp3) is 0.200. The van der Waals surface area contributed by atoms with E-state index in [1.807, 2.05) is 19.1 Å². The average Bonchev–Trinajstić information content (AvgIpc) is 2.07. The van der Waals surface area contributed by atoms with Crippen LogP contribution in [0.25, 0.3) is 0 Å². The third kappa shape index (κ3) is 2.51. The molecule has 1 aromatic rings. The zero-order valence-corrected chi connectivity index (χ0v) is 10.6. The van der Waals surface area contributed by atoms with Crippen molar-refractivity contribution in [3.63, 3.8) is 0 Å². The van der Waals surface area contributed by atoms with Crippen LogP contribution < -0.4 is 0 Å². The van der Waals surface area contributed by atoms with Gasteiger partial charge in [0.25, 0.3) is 0 Å². The van der Waals surface area contributed by atoms with Crippen molar-refractivity contribution in [3.8, 4) is 0 Å². The summed E-state index contributed by atoms with van der Waals surface area (Å²) < 4.78 is -0.651. The molecule has 0 amide bonds. The van der Waals surface area contributed by atoms with E-state index in [-0.39, 0.29) is 9.39 Å². The highest BCUT2D eigenvalue weighted by atomic mass is 79.9. The van der Waals surface area contributed by atoms with E-state index in [1.165, 1.54) is 0 Å². The van der Waals surface area contributed by atoms with E-state index < -0.39 is 5.92 Å². The van der Waals surface area contributed by atoms with E-state index in [1.54, 1.807) is 12.1 Å². The largest absolute Gasteiger partial charge is 0.285 e. The number of hydrogen-bond acceptors (Lipinski definition) is 2. The summed E-state index contributed by atoms with van der Waals surface area (Å²) in [6.45, 7) is 1.87. The van der Waals surface area contributed by atoms with E-state index in [9.17, 15) is 9.59 Å². The van der Waals surface area contributed by atoms with Crippen LogP contribution in [0.5, 0.6) is 0 Å². The van der Waals surface area contributed by atoms with Crippen LogP contribution in [-0.2, 0) is 9.59 Å². The molecule has 0 aliphatic rings. The van der Waals surface area contributed by atoms with Crippen LogP contribution in [0.4, 0.5) is 0 Å². The van der Waals surface area contributed by atoms with Crippen LogP contribution in [0.15, 0.2) is 24.3 Å². The van der Waals surface area contributed by atoms with E-state index in [2.05, 4.69) is 31.9 Å². The molecule has 0 saturated carbocycles. The number of benzene rings is 1. The molecular formula is C10H8Br2O2. The van der Waals surface area contributed by atoms with E-state index >= 15 is 0 Å². The molecule has 1 aromatic carbocycles. The van der Waals surface area contributed by atoms with Crippen molar-refractivity contribution in [2.24, 2.45) is 0 Å². The Balaban J connectivity index is 3.18. The predicted molar refractivity (Wildman–Crippen MR) is 61.8 cm³/mol. The third-order valence-corrected chi connectivity index (χ3v) is 2.87. The summed E-state index contributed by atoms with van der Waals surface area (Å²) in [5.41, 5.74) is 1.66. The number of halogens is 2. The van der Waals surface area contributed by atoms with Crippen molar-refractivity contribution in [3.05, 3.63) is 35.4 Å². The number of rotatable bonds is 3. The molecule has 2 nitrogen and oxygen atoms in total. The Morgan fingerprint density at radius 2 is 1.64 bits per heavy atom. The molecule has 0 N–H and O–H groups in total. The second-order valence-electron chi connectivity index (χ2n) is 2.90. The molecule has 0 unspecified atom stereocenters. The lowest BCUT2D eigenvalue weighted by molar-refractivity contribution is -0.119. The van der Waals surface area contributed by atoms with Gasteiger partial charge in [0, 0.05) is 0 Å². The first-order valence-corrected chi connectivity index (χ1v) is 5.57. The zero-order valence-electron chi connectivity index (χ0n) is 7.46.